The van der Waals surface area contributed by atoms with Crippen LogP contribution in [0.15, 0.2) is 10.5 Å². The summed E-state index contributed by atoms with van der Waals surface area (Å²) < 4.78 is 5.18. The molecular weight excluding hydrogens is 210 g/mol. The van der Waals surface area contributed by atoms with Crippen LogP contribution in [0, 0.1) is 6.92 Å². The van der Waals surface area contributed by atoms with Crippen molar-refractivity contribution in [1.82, 2.24) is 5.32 Å². The van der Waals surface area contributed by atoms with Crippen LogP contribution in [0.2, 0.25) is 0 Å². The zero-order valence-electron chi connectivity index (χ0n) is 9.49. The summed E-state index contributed by atoms with van der Waals surface area (Å²) in [6, 6.07) is 1.88. The van der Waals surface area contributed by atoms with Crippen LogP contribution in [-0.2, 0) is 6.54 Å². The molecule has 0 bridgehead atoms. The Morgan fingerprint density at radius 1 is 1.62 bits per heavy atom. The number of hydrogen-bond donors (Lipinski definition) is 3. The topological polar surface area (TPSA) is 82.7 Å². The minimum Gasteiger partial charge on any atom is -0.475 e. The van der Waals surface area contributed by atoms with Gasteiger partial charge in [0.25, 0.3) is 0 Å². The maximum absolute atomic E-state index is 10.7. The Labute approximate surface area is 94.1 Å². The second-order valence-electron chi connectivity index (χ2n) is 3.82. The van der Waals surface area contributed by atoms with Crippen LogP contribution in [0.4, 0.5) is 0 Å². The van der Waals surface area contributed by atoms with E-state index < -0.39 is 5.97 Å². The highest BCUT2D eigenvalue weighted by Crippen LogP contribution is 2.14. The monoisotopic (exact) mass is 227 g/mol. The number of aromatic carboxylic acids is 1. The van der Waals surface area contributed by atoms with Gasteiger partial charge >= 0.3 is 5.97 Å². The fraction of sp³-hybridized carbons (Fsp3) is 0.545. The number of carboxylic acids is 1. The minimum atomic E-state index is -1.05. The van der Waals surface area contributed by atoms with E-state index >= 15 is 0 Å². The second-order valence-corrected chi connectivity index (χ2v) is 3.82. The maximum Gasteiger partial charge on any atom is 0.372 e. The number of nitrogens with one attached hydrogen (secondary N) is 1. The number of carboxylic acid groups (broad SMARTS) is 1. The molecule has 0 radical (unpaired) electrons. The average molecular weight is 227 g/mol. The zero-order chi connectivity index (χ0) is 12.1. The summed E-state index contributed by atoms with van der Waals surface area (Å²) in [5.74, 6) is -0.460. The lowest BCUT2D eigenvalue weighted by Crippen LogP contribution is -2.26. The van der Waals surface area contributed by atoms with Gasteiger partial charge in [-0.05, 0) is 26.3 Å². The van der Waals surface area contributed by atoms with Gasteiger partial charge in [-0.25, -0.2) is 4.79 Å². The van der Waals surface area contributed by atoms with E-state index in [1.807, 2.05) is 6.92 Å². The SMILES string of the molecule is Cc1cc(CNC(C)CCO)oc1C(=O)O. The van der Waals surface area contributed by atoms with E-state index in [9.17, 15) is 4.79 Å². The molecule has 0 aliphatic heterocycles. The molecule has 1 atom stereocenters. The summed E-state index contributed by atoms with van der Waals surface area (Å²) in [4.78, 5) is 10.7. The van der Waals surface area contributed by atoms with Crippen LogP contribution < -0.4 is 5.32 Å². The summed E-state index contributed by atoms with van der Waals surface area (Å²) in [6.07, 6.45) is 0.658. The number of furan rings is 1. The van der Waals surface area contributed by atoms with Crippen molar-refractivity contribution in [1.29, 1.82) is 0 Å². The molecule has 3 N–H and O–H groups in total. The van der Waals surface area contributed by atoms with Crippen LogP contribution in [0.3, 0.4) is 0 Å². The first-order chi connectivity index (χ1) is 7.54. The standard InChI is InChI=1S/C11H17NO4/c1-7-5-9(16-10(7)11(14)15)6-12-8(2)3-4-13/h5,8,12-13H,3-4,6H2,1-2H3,(H,14,15). The first-order valence-corrected chi connectivity index (χ1v) is 5.21. The van der Waals surface area contributed by atoms with Gasteiger partial charge in [0, 0.05) is 18.2 Å². The molecule has 1 aromatic heterocycles. The molecule has 0 aliphatic rings. The number of hydrogen-bond acceptors (Lipinski definition) is 4. The van der Waals surface area contributed by atoms with E-state index in [0.29, 0.717) is 24.3 Å². The first-order valence-electron chi connectivity index (χ1n) is 5.21. The van der Waals surface area contributed by atoms with Crippen molar-refractivity contribution in [3.8, 4) is 0 Å². The van der Waals surface area contributed by atoms with Crippen molar-refractivity contribution in [3.05, 3.63) is 23.2 Å². The molecule has 0 amide bonds. The van der Waals surface area contributed by atoms with E-state index in [-0.39, 0.29) is 18.4 Å². The maximum atomic E-state index is 10.7. The minimum absolute atomic E-state index is 0.00777. The van der Waals surface area contributed by atoms with Crippen LogP contribution >= 0.6 is 0 Å². The van der Waals surface area contributed by atoms with E-state index in [0.717, 1.165) is 0 Å². The molecule has 0 spiro atoms. The molecule has 16 heavy (non-hydrogen) atoms. The van der Waals surface area contributed by atoms with Crippen molar-refractivity contribution < 1.29 is 19.4 Å². The number of carbonyl (C=O) groups is 1. The van der Waals surface area contributed by atoms with Crippen LogP contribution in [0.5, 0.6) is 0 Å². The lowest BCUT2D eigenvalue weighted by Gasteiger charge is -2.10. The first kappa shape index (κ1) is 12.7. The number of rotatable bonds is 6. The quantitative estimate of drug-likeness (QED) is 0.679. The molecule has 0 aromatic carbocycles. The Bertz CT molecular complexity index is 359. The van der Waals surface area contributed by atoms with Crippen molar-refractivity contribution in [2.75, 3.05) is 6.61 Å². The molecule has 1 rings (SSSR count). The second kappa shape index (κ2) is 5.67. The third-order valence-corrected chi connectivity index (χ3v) is 2.35. The zero-order valence-corrected chi connectivity index (χ0v) is 9.49. The molecule has 5 nitrogen and oxygen atoms in total. The van der Waals surface area contributed by atoms with Crippen LogP contribution in [0.1, 0.15) is 35.2 Å². The predicted octanol–water partition coefficient (Wildman–Crippen LogP) is 1.15. The molecule has 0 aliphatic carbocycles. The van der Waals surface area contributed by atoms with Gasteiger partial charge < -0.3 is 19.9 Å². The van der Waals surface area contributed by atoms with Gasteiger partial charge in [0.2, 0.25) is 5.76 Å². The summed E-state index contributed by atoms with van der Waals surface area (Å²) in [6.45, 7) is 4.25. The van der Waals surface area contributed by atoms with Crippen molar-refractivity contribution in [2.24, 2.45) is 0 Å². The van der Waals surface area contributed by atoms with Gasteiger partial charge in [-0.15, -0.1) is 0 Å². The molecule has 0 saturated carbocycles. The lowest BCUT2D eigenvalue weighted by molar-refractivity contribution is 0.0659. The molecule has 1 unspecified atom stereocenters. The summed E-state index contributed by atoms with van der Waals surface area (Å²) >= 11 is 0. The van der Waals surface area contributed by atoms with E-state index in [2.05, 4.69) is 5.32 Å². The van der Waals surface area contributed by atoms with Gasteiger partial charge in [0.1, 0.15) is 5.76 Å². The van der Waals surface area contributed by atoms with Crippen molar-refractivity contribution >= 4 is 5.97 Å². The fourth-order valence-electron chi connectivity index (χ4n) is 1.42. The Balaban J connectivity index is 2.55. The van der Waals surface area contributed by atoms with Crippen molar-refractivity contribution in [2.45, 2.75) is 32.9 Å². The molecule has 1 aromatic rings. The molecule has 90 valence electrons. The predicted molar refractivity (Wildman–Crippen MR) is 58.4 cm³/mol. The van der Waals surface area contributed by atoms with Gasteiger partial charge in [0.15, 0.2) is 0 Å². The van der Waals surface area contributed by atoms with E-state index in [4.69, 9.17) is 14.6 Å². The van der Waals surface area contributed by atoms with Crippen LogP contribution in [0.25, 0.3) is 0 Å². The van der Waals surface area contributed by atoms with Crippen LogP contribution in [-0.4, -0.2) is 28.8 Å². The normalized spacial score (nSPS) is 12.7. The third-order valence-electron chi connectivity index (χ3n) is 2.35. The van der Waals surface area contributed by atoms with Gasteiger partial charge in [-0.2, -0.15) is 0 Å². The Hall–Kier alpha value is -1.33. The molecule has 0 saturated heterocycles. The number of aryl methyl sites for hydroxylation is 1. The smallest absolute Gasteiger partial charge is 0.372 e. The average Bonchev–Trinajstić information content (AvgIpc) is 2.57. The summed E-state index contributed by atoms with van der Waals surface area (Å²) in [5.41, 5.74) is 0.624. The van der Waals surface area contributed by atoms with Crippen molar-refractivity contribution in [3.63, 3.8) is 0 Å². The highest BCUT2D eigenvalue weighted by Gasteiger charge is 2.14. The Morgan fingerprint density at radius 2 is 2.31 bits per heavy atom. The van der Waals surface area contributed by atoms with Gasteiger partial charge in [-0.1, -0.05) is 0 Å². The van der Waals surface area contributed by atoms with Gasteiger partial charge in [0.05, 0.1) is 6.54 Å². The van der Waals surface area contributed by atoms with E-state index in [1.54, 1.807) is 13.0 Å². The van der Waals surface area contributed by atoms with Gasteiger partial charge in [-0.3, -0.25) is 0 Å². The van der Waals surface area contributed by atoms with E-state index in [1.165, 1.54) is 0 Å². The highest BCUT2D eigenvalue weighted by molar-refractivity contribution is 5.86. The molecule has 0 fully saturated rings. The number of aliphatic hydroxyl groups excluding tert-OH is 1. The molecule has 5 heteroatoms. The summed E-state index contributed by atoms with van der Waals surface area (Å²) in [5, 5.41) is 20.6. The Morgan fingerprint density at radius 3 is 2.81 bits per heavy atom. The Kier molecular flexibility index (Phi) is 4.52. The largest absolute Gasteiger partial charge is 0.475 e. The number of aliphatic hydroxyl groups is 1. The molecule has 1 heterocycles. The highest BCUT2D eigenvalue weighted by atomic mass is 16.4. The fourth-order valence-corrected chi connectivity index (χ4v) is 1.42. The third kappa shape index (κ3) is 3.36. The lowest BCUT2D eigenvalue weighted by atomic mass is 10.2. The molecular formula is C11H17NO4. The summed E-state index contributed by atoms with van der Waals surface area (Å²) in [7, 11) is 0.